The maximum absolute atomic E-state index is 4.15. The Labute approximate surface area is 57.0 Å². The van der Waals surface area contributed by atoms with E-state index in [9.17, 15) is 0 Å². The number of aromatic nitrogens is 1. The van der Waals surface area contributed by atoms with Gasteiger partial charge in [0.2, 0.25) is 0 Å². The SMILES string of the molecule is c1cnc2cscc2c1. The van der Waals surface area contributed by atoms with E-state index < -0.39 is 0 Å². The van der Waals surface area contributed by atoms with Crippen LogP contribution in [0.3, 0.4) is 0 Å². The number of fused-ring (bicyclic) bond motifs is 1. The maximum Gasteiger partial charge on any atom is 0.0808 e. The molecule has 0 aliphatic heterocycles. The lowest BCUT2D eigenvalue weighted by molar-refractivity contribution is 1.43. The first-order valence-electron chi connectivity index (χ1n) is 2.74. The third-order valence-corrected chi connectivity index (χ3v) is 2.00. The maximum atomic E-state index is 4.15. The number of thiophene rings is 1. The molecule has 44 valence electrons. The average Bonchev–Trinajstić information content (AvgIpc) is 2.33. The molecule has 9 heavy (non-hydrogen) atoms. The highest BCUT2D eigenvalue weighted by molar-refractivity contribution is 7.09. The molecule has 0 saturated heterocycles. The first-order chi connectivity index (χ1) is 4.47. The summed E-state index contributed by atoms with van der Waals surface area (Å²) in [5.74, 6) is 0. The molecule has 2 heteroatoms. The summed E-state index contributed by atoms with van der Waals surface area (Å²) in [6, 6.07) is 4.02. The molecule has 0 unspecified atom stereocenters. The summed E-state index contributed by atoms with van der Waals surface area (Å²) in [5, 5.41) is 5.39. The summed E-state index contributed by atoms with van der Waals surface area (Å²) in [5.41, 5.74) is 1.10. The zero-order valence-electron chi connectivity index (χ0n) is 4.74. The van der Waals surface area contributed by atoms with Crippen LogP contribution in [-0.2, 0) is 0 Å². The van der Waals surface area contributed by atoms with Crippen molar-refractivity contribution in [3.05, 3.63) is 29.1 Å². The minimum Gasteiger partial charge on any atom is -0.255 e. The van der Waals surface area contributed by atoms with Gasteiger partial charge in [0.25, 0.3) is 0 Å². The highest BCUT2D eigenvalue weighted by Crippen LogP contribution is 2.14. The molecule has 2 rings (SSSR count). The van der Waals surface area contributed by atoms with Crippen molar-refractivity contribution in [1.29, 1.82) is 0 Å². The Morgan fingerprint density at radius 1 is 1.33 bits per heavy atom. The Bertz CT molecular complexity index is 283. The Balaban J connectivity index is 2.95. The Kier molecular flexibility index (Phi) is 0.993. The predicted octanol–water partition coefficient (Wildman–Crippen LogP) is 2.30. The first kappa shape index (κ1) is 4.94. The van der Waals surface area contributed by atoms with E-state index in [0.29, 0.717) is 0 Å². The second kappa shape index (κ2) is 1.81. The monoisotopic (exact) mass is 135 g/mol. The molecule has 0 saturated carbocycles. The van der Waals surface area contributed by atoms with Crippen molar-refractivity contribution in [3.8, 4) is 0 Å². The van der Waals surface area contributed by atoms with Gasteiger partial charge in [0.15, 0.2) is 0 Å². The third-order valence-electron chi connectivity index (χ3n) is 1.25. The number of rotatable bonds is 0. The molecule has 2 heterocycles. The lowest BCUT2D eigenvalue weighted by Gasteiger charge is -1.81. The molecule has 2 aromatic rings. The van der Waals surface area contributed by atoms with Crippen LogP contribution in [0.1, 0.15) is 0 Å². The normalized spacial score (nSPS) is 10.2. The summed E-state index contributed by atoms with van der Waals surface area (Å²) in [7, 11) is 0. The van der Waals surface area contributed by atoms with Crippen LogP contribution in [0.5, 0.6) is 0 Å². The molecule has 0 radical (unpaired) electrons. The third kappa shape index (κ3) is 0.715. The van der Waals surface area contributed by atoms with Crippen LogP contribution in [0.4, 0.5) is 0 Å². The van der Waals surface area contributed by atoms with Crippen LogP contribution in [0.15, 0.2) is 29.1 Å². The summed E-state index contributed by atoms with van der Waals surface area (Å²) >= 11 is 1.69. The Hall–Kier alpha value is -0.890. The first-order valence-corrected chi connectivity index (χ1v) is 3.68. The average molecular weight is 135 g/mol. The van der Waals surface area contributed by atoms with E-state index in [4.69, 9.17) is 0 Å². The van der Waals surface area contributed by atoms with E-state index in [1.807, 2.05) is 12.3 Å². The molecule has 0 fully saturated rings. The van der Waals surface area contributed by atoms with Gasteiger partial charge in [-0.2, -0.15) is 0 Å². The quantitative estimate of drug-likeness (QED) is 0.540. The van der Waals surface area contributed by atoms with Crippen LogP contribution in [-0.4, -0.2) is 4.98 Å². The van der Waals surface area contributed by atoms with Crippen LogP contribution < -0.4 is 0 Å². The van der Waals surface area contributed by atoms with Gasteiger partial charge < -0.3 is 0 Å². The minimum absolute atomic E-state index is 1.10. The Morgan fingerprint density at radius 2 is 2.33 bits per heavy atom. The van der Waals surface area contributed by atoms with Crippen molar-refractivity contribution in [2.45, 2.75) is 0 Å². The second-order valence-corrected chi connectivity index (χ2v) is 2.59. The van der Waals surface area contributed by atoms with Crippen molar-refractivity contribution in [2.24, 2.45) is 0 Å². The van der Waals surface area contributed by atoms with Gasteiger partial charge in [-0.1, -0.05) is 6.07 Å². The molecule has 0 aliphatic carbocycles. The fourth-order valence-electron chi connectivity index (χ4n) is 0.800. The van der Waals surface area contributed by atoms with Gasteiger partial charge in [0.1, 0.15) is 0 Å². The summed E-state index contributed by atoms with van der Waals surface area (Å²) < 4.78 is 0. The zero-order chi connectivity index (χ0) is 6.10. The molecule has 0 aliphatic rings. The van der Waals surface area contributed by atoms with E-state index in [-0.39, 0.29) is 0 Å². The molecular formula is C7H5NS. The largest absolute Gasteiger partial charge is 0.255 e. The summed E-state index contributed by atoms with van der Waals surface area (Å²) in [4.78, 5) is 4.15. The number of hydrogen-bond donors (Lipinski definition) is 0. The molecule has 2 aromatic heterocycles. The standard InChI is InChI=1S/C7H5NS/c1-2-6-4-9-5-7(6)8-3-1/h1-5H. The predicted molar refractivity (Wildman–Crippen MR) is 39.6 cm³/mol. The van der Waals surface area contributed by atoms with E-state index in [1.54, 1.807) is 11.3 Å². The molecule has 0 atom stereocenters. The van der Waals surface area contributed by atoms with Crippen LogP contribution in [0.2, 0.25) is 0 Å². The van der Waals surface area contributed by atoms with Crippen LogP contribution in [0, 0.1) is 0 Å². The number of pyridine rings is 1. The summed E-state index contributed by atoms with van der Waals surface area (Å²) in [6.45, 7) is 0. The summed E-state index contributed by atoms with van der Waals surface area (Å²) in [6.07, 6.45) is 1.81. The Morgan fingerprint density at radius 3 is 3.22 bits per heavy atom. The van der Waals surface area contributed by atoms with Crippen molar-refractivity contribution in [3.63, 3.8) is 0 Å². The topological polar surface area (TPSA) is 12.9 Å². The van der Waals surface area contributed by atoms with Gasteiger partial charge in [-0.15, -0.1) is 11.3 Å². The van der Waals surface area contributed by atoms with Gasteiger partial charge in [-0.25, -0.2) is 0 Å². The van der Waals surface area contributed by atoms with Gasteiger partial charge in [0, 0.05) is 22.3 Å². The fourth-order valence-corrected chi connectivity index (χ4v) is 1.54. The van der Waals surface area contributed by atoms with Crippen LogP contribution >= 0.6 is 11.3 Å². The second-order valence-electron chi connectivity index (χ2n) is 1.85. The van der Waals surface area contributed by atoms with Gasteiger partial charge in [-0.3, -0.25) is 4.98 Å². The van der Waals surface area contributed by atoms with Crippen molar-refractivity contribution in [2.75, 3.05) is 0 Å². The smallest absolute Gasteiger partial charge is 0.0808 e. The number of hydrogen-bond acceptors (Lipinski definition) is 2. The van der Waals surface area contributed by atoms with E-state index >= 15 is 0 Å². The fraction of sp³-hybridized carbons (Fsp3) is 0. The lowest BCUT2D eigenvalue weighted by atomic mass is 10.3. The van der Waals surface area contributed by atoms with Gasteiger partial charge in [0.05, 0.1) is 5.52 Å². The zero-order valence-corrected chi connectivity index (χ0v) is 5.56. The minimum atomic E-state index is 1.10. The highest BCUT2D eigenvalue weighted by Gasteiger charge is 1.89. The molecule has 0 bridgehead atoms. The number of nitrogens with zero attached hydrogens (tertiary/aromatic N) is 1. The van der Waals surface area contributed by atoms with E-state index in [1.165, 1.54) is 5.39 Å². The molecule has 0 spiro atoms. The van der Waals surface area contributed by atoms with Crippen molar-refractivity contribution in [1.82, 2.24) is 4.98 Å². The molecule has 0 amide bonds. The van der Waals surface area contributed by atoms with Crippen LogP contribution in [0.25, 0.3) is 10.9 Å². The lowest BCUT2D eigenvalue weighted by Crippen LogP contribution is -1.66. The molecule has 1 nitrogen and oxygen atoms in total. The van der Waals surface area contributed by atoms with Gasteiger partial charge in [-0.05, 0) is 6.07 Å². The van der Waals surface area contributed by atoms with Crippen molar-refractivity contribution < 1.29 is 0 Å². The molecule has 0 aromatic carbocycles. The van der Waals surface area contributed by atoms with E-state index in [0.717, 1.165) is 5.52 Å². The highest BCUT2D eigenvalue weighted by atomic mass is 32.1. The van der Waals surface area contributed by atoms with Crippen molar-refractivity contribution >= 4 is 22.2 Å². The molecular weight excluding hydrogens is 130 g/mol. The molecule has 0 N–H and O–H groups in total. The van der Waals surface area contributed by atoms with Gasteiger partial charge >= 0.3 is 0 Å². The van der Waals surface area contributed by atoms with E-state index in [2.05, 4.69) is 21.8 Å².